The van der Waals surface area contributed by atoms with E-state index in [-0.39, 0.29) is 11.8 Å². The summed E-state index contributed by atoms with van der Waals surface area (Å²) in [5.41, 5.74) is 2.34. The number of carbonyl (C=O) groups excluding carboxylic acids is 1. The highest BCUT2D eigenvalue weighted by molar-refractivity contribution is 5.96. The summed E-state index contributed by atoms with van der Waals surface area (Å²) in [5.74, 6) is 0.532. The summed E-state index contributed by atoms with van der Waals surface area (Å²) in [4.78, 5) is 14.5. The number of rotatable bonds is 4. The van der Waals surface area contributed by atoms with Gasteiger partial charge in [0.25, 0.3) is 0 Å². The summed E-state index contributed by atoms with van der Waals surface area (Å²) in [6.07, 6.45) is 5.14. The minimum atomic E-state index is 0.262. The lowest BCUT2D eigenvalue weighted by Crippen LogP contribution is -2.15. The maximum atomic E-state index is 12.3. The Bertz CT molecular complexity index is 608. The fourth-order valence-electron chi connectivity index (χ4n) is 2.50. The Hall–Kier alpha value is -1.61. The number of carbonyl (C=O) groups is 1. The molecule has 3 heteroatoms. The molecule has 1 aromatic heterocycles. The lowest BCUT2D eigenvalue weighted by atomic mass is 10.1. The second-order valence-electron chi connectivity index (χ2n) is 5.71. The number of aromatic nitrogens is 1. The third-order valence-electron chi connectivity index (χ3n) is 3.79. The van der Waals surface area contributed by atoms with E-state index in [1.807, 2.05) is 16.7 Å². The number of likely N-dealkylation sites (N-methyl/N-ethyl adjacent to an activating group) is 1. The third kappa shape index (κ3) is 2.43. The van der Waals surface area contributed by atoms with Crippen molar-refractivity contribution in [1.82, 2.24) is 9.47 Å². The summed E-state index contributed by atoms with van der Waals surface area (Å²) in [7, 11) is 4.16. The van der Waals surface area contributed by atoms with Crippen LogP contribution in [0.3, 0.4) is 0 Å². The molecule has 0 N–H and O–H groups in total. The third-order valence-corrected chi connectivity index (χ3v) is 3.79. The van der Waals surface area contributed by atoms with E-state index < -0.39 is 0 Å². The Balaban J connectivity index is 2.00. The van der Waals surface area contributed by atoms with Gasteiger partial charge in [-0.3, -0.25) is 9.36 Å². The van der Waals surface area contributed by atoms with E-state index in [4.69, 9.17) is 0 Å². The molecule has 0 amide bonds. The minimum Gasteiger partial charge on any atom is -0.309 e. The van der Waals surface area contributed by atoms with Crippen LogP contribution in [0, 0.1) is 5.92 Å². The molecule has 3 nitrogen and oxygen atoms in total. The van der Waals surface area contributed by atoms with E-state index in [1.165, 1.54) is 10.9 Å². The largest absolute Gasteiger partial charge is 0.309 e. The average Bonchev–Trinajstić information content (AvgIpc) is 3.18. The van der Waals surface area contributed by atoms with Crippen LogP contribution in [0.15, 0.2) is 30.5 Å². The Kier molecular flexibility index (Phi) is 3.15. The van der Waals surface area contributed by atoms with E-state index in [0.717, 1.165) is 31.3 Å². The number of fused-ring (bicyclic) bond motifs is 1. The van der Waals surface area contributed by atoms with Crippen molar-refractivity contribution in [1.29, 1.82) is 0 Å². The van der Waals surface area contributed by atoms with Crippen LogP contribution in [0.2, 0.25) is 0 Å². The van der Waals surface area contributed by atoms with E-state index >= 15 is 0 Å². The van der Waals surface area contributed by atoms with Gasteiger partial charge in [0.15, 0.2) is 0 Å². The minimum absolute atomic E-state index is 0.262. The molecule has 1 fully saturated rings. The molecule has 0 radical (unpaired) electrons. The van der Waals surface area contributed by atoms with Crippen LogP contribution in [-0.4, -0.2) is 36.0 Å². The van der Waals surface area contributed by atoms with Crippen molar-refractivity contribution in [3.05, 3.63) is 36.0 Å². The highest BCUT2D eigenvalue weighted by Crippen LogP contribution is 2.33. The number of para-hydroxylation sites is 1. The van der Waals surface area contributed by atoms with Gasteiger partial charge in [-0.15, -0.1) is 0 Å². The van der Waals surface area contributed by atoms with Gasteiger partial charge in [-0.25, -0.2) is 0 Å². The zero-order valence-electron chi connectivity index (χ0n) is 11.6. The lowest BCUT2D eigenvalue weighted by molar-refractivity contribution is 0.0891. The molecule has 1 saturated carbocycles. The first-order valence-electron chi connectivity index (χ1n) is 6.94. The first kappa shape index (κ1) is 12.4. The Morgan fingerprint density at radius 2 is 2.05 bits per heavy atom. The van der Waals surface area contributed by atoms with Crippen LogP contribution in [-0.2, 0) is 6.42 Å². The van der Waals surface area contributed by atoms with Crippen molar-refractivity contribution in [2.75, 3.05) is 20.6 Å². The summed E-state index contributed by atoms with van der Waals surface area (Å²) in [6.45, 7) is 1.01. The number of nitrogens with zero attached hydrogens (tertiary/aromatic N) is 2. The molecule has 3 rings (SSSR count). The van der Waals surface area contributed by atoms with Gasteiger partial charge in [0.05, 0.1) is 5.52 Å². The first-order valence-corrected chi connectivity index (χ1v) is 6.94. The maximum absolute atomic E-state index is 12.3. The van der Waals surface area contributed by atoms with Gasteiger partial charge in [-0.2, -0.15) is 0 Å². The molecule has 1 heterocycles. The van der Waals surface area contributed by atoms with E-state index in [2.05, 4.69) is 37.3 Å². The topological polar surface area (TPSA) is 25.2 Å². The van der Waals surface area contributed by atoms with E-state index in [9.17, 15) is 4.79 Å². The SMILES string of the molecule is CN(C)CCc1cn(C(=O)C2CC2)c2ccccc12. The van der Waals surface area contributed by atoms with Crippen LogP contribution < -0.4 is 0 Å². The van der Waals surface area contributed by atoms with Crippen LogP contribution in [0.25, 0.3) is 10.9 Å². The molecule has 0 atom stereocenters. The predicted octanol–water partition coefficient (Wildman–Crippen LogP) is 2.80. The molecule has 1 aliphatic rings. The fraction of sp³-hybridized carbons (Fsp3) is 0.438. The Morgan fingerprint density at radius 1 is 1.32 bits per heavy atom. The zero-order valence-corrected chi connectivity index (χ0v) is 11.6. The molecular formula is C16H20N2O. The van der Waals surface area contributed by atoms with Crippen molar-refractivity contribution in [3.8, 4) is 0 Å². The van der Waals surface area contributed by atoms with E-state index in [0.29, 0.717) is 0 Å². The van der Waals surface area contributed by atoms with Crippen molar-refractivity contribution in [3.63, 3.8) is 0 Å². The van der Waals surface area contributed by atoms with Gasteiger partial charge < -0.3 is 4.90 Å². The molecule has 100 valence electrons. The highest BCUT2D eigenvalue weighted by atomic mass is 16.2. The van der Waals surface area contributed by atoms with Crippen molar-refractivity contribution < 1.29 is 4.79 Å². The molecular weight excluding hydrogens is 236 g/mol. The Morgan fingerprint density at radius 3 is 2.74 bits per heavy atom. The standard InChI is InChI=1S/C16H20N2O/c1-17(2)10-9-13-11-18(16(19)12-7-8-12)15-6-4-3-5-14(13)15/h3-6,11-12H,7-10H2,1-2H3. The molecule has 0 aliphatic heterocycles. The second kappa shape index (κ2) is 4.82. The van der Waals surface area contributed by atoms with Crippen LogP contribution >= 0.6 is 0 Å². The summed E-state index contributed by atoms with van der Waals surface area (Å²) in [5, 5.41) is 1.22. The van der Waals surface area contributed by atoms with Crippen LogP contribution in [0.1, 0.15) is 23.2 Å². The van der Waals surface area contributed by atoms with Gasteiger partial charge in [0, 0.05) is 24.0 Å². The summed E-state index contributed by atoms with van der Waals surface area (Å²) in [6, 6.07) is 8.23. The van der Waals surface area contributed by atoms with Gasteiger partial charge in [0.1, 0.15) is 0 Å². The van der Waals surface area contributed by atoms with Crippen molar-refractivity contribution in [2.45, 2.75) is 19.3 Å². The van der Waals surface area contributed by atoms with E-state index in [1.54, 1.807) is 0 Å². The second-order valence-corrected chi connectivity index (χ2v) is 5.71. The molecule has 1 aliphatic carbocycles. The smallest absolute Gasteiger partial charge is 0.234 e. The molecule has 0 bridgehead atoms. The number of hydrogen-bond acceptors (Lipinski definition) is 2. The van der Waals surface area contributed by atoms with Gasteiger partial charge in [0.2, 0.25) is 5.91 Å². The maximum Gasteiger partial charge on any atom is 0.234 e. The molecule has 0 spiro atoms. The summed E-state index contributed by atoms with van der Waals surface area (Å²) >= 11 is 0. The first-order chi connectivity index (χ1) is 9.16. The number of hydrogen-bond donors (Lipinski definition) is 0. The molecule has 2 aromatic rings. The van der Waals surface area contributed by atoms with Gasteiger partial charge in [-0.05, 0) is 45.0 Å². The lowest BCUT2D eigenvalue weighted by Gasteiger charge is -2.07. The normalized spacial score (nSPS) is 15.3. The summed E-state index contributed by atoms with van der Waals surface area (Å²) < 4.78 is 1.87. The van der Waals surface area contributed by atoms with Crippen molar-refractivity contribution in [2.24, 2.45) is 5.92 Å². The average molecular weight is 256 g/mol. The van der Waals surface area contributed by atoms with Gasteiger partial charge in [-0.1, -0.05) is 18.2 Å². The highest BCUT2D eigenvalue weighted by Gasteiger charge is 2.31. The molecule has 1 aromatic carbocycles. The quantitative estimate of drug-likeness (QED) is 0.840. The molecule has 19 heavy (non-hydrogen) atoms. The molecule has 0 saturated heterocycles. The van der Waals surface area contributed by atoms with Gasteiger partial charge >= 0.3 is 0 Å². The monoisotopic (exact) mass is 256 g/mol. The van der Waals surface area contributed by atoms with Crippen LogP contribution in [0.5, 0.6) is 0 Å². The van der Waals surface area contributed by atoms with Crippen LogP contribution in [0.4, 0.5) is 0 Å². The Labute approximate surface area is 113 Å². The number of benzene rings is 1. The predicted molar refractivity (Wildman–Crippen MR) is 77.5 cm³/mol. The fourth-order valence-corrected chi connectivity index (χ4v) is 2.50. The zero-order chi connectivity index (χ0) is 13.4. The van der Waals surface area contributed by atoms with Crippen molar-refractivity contribution >= 4 is 16.8 Å². The molecule has 0 unspecified atom stereocenters.